The van der Waals surface area contributed by atoms with Crippen LogP contribution in [0, 0.1) is 0 Å². The van der Waals surface area contributed by atoms with Crippen LogP contribution in [-0.4, -0.2) is 24.3 Å². The summed E-state index contributed by atoms with van der Waals surface area (Å²) >= 11 is 0. The lowest BCUT2D eigenvalue weighted by Gasteiger charge is -2.49. The summed E-state index contributed by atoms with van der Waals surface area (Å²) in [5, 5.41) is 2.26. The third kappa shape index (κ3) is 4.11. The molecule has 1 fully saturated rings. The smallest absolute Gasteiger partial charge is 0.0657 e. The molecule has 0 aliphatic carbocycles. The minimum atomic E-state index is -0.278. The Labute approximate surface area is 180 Å². The molecule has 0 spiro atoms. The Morgan fingerprint density at radius 1 is 0.759 bits per heavy atom. The predicted molar refractivity (Wildman–Crippen MR) is 122 cm³/mol. The summed E-state index contributed by atoms with van der Waals surface area (Å²) in [6.45, 7) is 3.76. The van der Waals surface area contributed by atoms with Crippen molar-refractivity contribution in [3.05, 3.63) is 108 Å². The summed E-state index contributed by atoms with van der Waals surface area (Å²) in [5.74, 6) is 0. The average Bonchev–Trinajstić information content (AvgIpc) is 2.78. The standard InChI is InChI=1S/C26H29NO.ClH/c1-2-28-27-21-13-12-20-25(27)26(22-14-6-3-7-15-22,23-16-8-4-9-17-23)24-18-10-5-11-19-24;/h3-11,14-19,25H,2,12-13,20-21H2,1H3;1H. The fraction of sp³-hybridized carbons (Fsp3) is 0.308. The molecule has 2 nitrogen and oxygen atoms in total. The van der Waals surface area contributed by atoms with E-state index in [2.05, 4.69) is 103 Å². The van der Waals surface area contributed by atoms with Crippen LogP contribution in [0.5, 0.6) is 0 Å². The number of hydroxylamine groups is 2. The predicted octanol–water partition coefficient (Wildman–Crippen LogP) is 6.25. The van der Waals surface area contributed by atoms with Gasteiger partial charge < -0.3 is 0 Å². The van der Waals surface area contributed by atoms with Gasteiger partial charge in [-0.1, -0.05) is 97.4 Å². The topological polar surface area (TPSA) is 12.5 Å². The van der Waals surface area contributed by atoms with Crippen LogP contribution in [0.4, 0.5) is 0 Å². The van der Waals surface area contributed by atoms with Crippen LogP contribution in [0.15, 0.2) is 91.0 Å². The van der Waals surface area contributed by atoms with E-state index in [-0.39, 0.29) is 23.9 Å². The average molecular weight is 408 g/mol. The van der Waals surface area contributed by atoms with Crippen molar-refractivity contribution in [1.29, 1.82) is 0 Å². The van der Waals surface area contributed by atoms with E-state index in [0.29, 0.717) is 6.61 Å². The van der Waals surface area contributed by atoms with Gasteiger partial charge in [0.15, 0.2) is 0 Å². The van der Waals surface area contributed by atoms with Crippen molar-refractivity contribution in [1.82, 2.24) is 5.06 Å². The Hall–Kier alpha value is -2.13. The molecule has 3 aromatic carbocycles. The second-order valence-corrected chi connectivity index (χ2v) is 7.48. The van der Waals surface area contributed by atoms with Crippen molar-refractivity contribution in [3.63, 3.8) is 0 Å². The Morgan fingerprint density at radius 2 is 1.21 bits per heavy atom. The molecular weight excluding hydrogens is 378 g/mol. The van der Waals surface area contributed by atoms with Crippen LogP contribution in [0.1, 0.15) is 42.9 Å². The molecule has 3 aromatic rings. The summed E-state index contributed by atoms with van der Waals surface area (Å²) < 4.78 is 0. The minimum Gasteiger partial charge on any atom is -0.299 e. The van der Waals surface area contributed by atoms with E-state index in [4.69, 9.17) is 4.84 Å². The first-order chi connectivity index (χ1) is 13.9. The zero-order chi connectivity index (χ0) is 19.2. The maximum Gasteiger partial charge on any atom is 0.0657 e. The summed E-state index contributed by atoms with van der Waals surface area (Å²) in [6, 6.07) is 33.2. The Kier molecular flexibility index (Phi) is 7.49. The van der Waals surface area contributed by atoms with Gasteiger partial charge in [0.1, 0.15) is 0 Å². The molecule has 1 saturated heterocycles. The normalized spacial score (nSPS) is 17.5. The highest BCUT2D eigenvalue weighted by Gasteiger charge is 2.47. The molecule has 0 aromatic heterocycles. The fourth-order valence-electron chi connectivity index (χ4n) is 4.84. The lowest BCUT2D eigenvalue weighted by Crippen LogP contribution is -2.54. The Bertz CT molecular complexity index is 755. The molecule has 3 heteroatoms. The van der Waals surface area contributed by atoms with Crippen molar-refractivity contribution in [2.45, 2.75) is 37.6 Å². The minimum absolute atomic E-state index is 0. The molecule has 1 aliphatic heterocycles. The molecule has 1 atom stereocenters. The zero-order valence-electron chi connectivity index (χ0n) is 17.0. The first-order valence-corrected chi connectivity index (χ1v) is 10.4. The molecule has 0 N–H and O–H groups in total. The number of hydrogen-bond acceptors (Lipinski definition) is 2. The van der Waals surface area contributed by atoms with Crippen molar-refractivity contribution in [2.75, 3.05) is 13.2 Å². The molecule has 1 unspecified atom stereocenters. The largest absolute Gasteiger partial charge is 0.299 e. The molecule has 0 bridgehead atoms. The van der Waals surface area contributed by atoms with E-state index in [1.807, 2.05) is 0 Å². The van der Waals surface area contributed by atoms with Gasteiger partial charge in [-0.2, -0.15) is 5.06 Å². The van der Waals surface area contributed by atoms with Crippen molar-refractivity contribution >= 4 is 12.4 Å². The van der Waals surface area contributed by atoms with Crippen LogP contribution >= 0.6 is 12.4 Å². The number of hydrogen-bond donors (Lipinski definition) is 0. The molecule has 1 heterocycles. The third-order valence-corrected chi connectivity index (χ3v) is 5.94. The lowest BCUT2D eigenvalue weighted by atomic mass is 9.63. The van der Waals surface area contributed by atoms with Gasteiger partial charge in [-0.05, 0) is 36.5 Å². The van der Waals surface area contributed by atoms with Crippen molar-refractivity contribution < 1.29 is 4.84 Å². The van der Waals surface area contributed by atoms with E-state index in [1.54, 1.807) is 0 Å². The first kappa shape index (κ1) is 21.6. The van der Waals surface area contributed by atoms with Crippen LogP contribution < -0.4 is 0 Å². The second-order valence-electron chi connectivity index (χ2n) is 7.48. The van der Waals surface area contributed by atoms with Gasteiger partial charge in [0.2, 0.25) is 0 Å². The zero-order valence-corrected chi connectivity index (χ0v) is 17.9. The maximum atomic E-state index is 6.20. The van der Waals surface area contributed by atoms with Crippen molar-refractivity contribution in [3.8, 4) is 0 Å². The Balaban J connectivity index is 0.00000240. The van der Waals surface area contributed by atoms with Gasteiger partial charge in [0, 0.05) is 6.54 Å². The molecule has 0 radical (unpaired) electrons. The van der Waals surface area contributed by atoms with E-state index in [0.717, 1.165) is 13.0 Å². The number of rotatable bonds is 6. The van der Waals surface area contributed by atoms with Crippen LogP contribution in [0.25, 0.3) is 0 Å². The van der Waals surface area contributed by atoms with Crippen molar-refractivity contribution in [2.24, 2.45) is 0 Å². The molecule has 0 saturated carbocycles. The summed E-state index contributed by atoms with van der Waals surface area (Å²) in [6.07, 6.45) is 3.52. The monoisotopic (exact) mass is 407 g/mol. The van der Waals surface area contributed by atoms with Gasteiger partial charge in [-0.25, -0.2) is 0 Å². The summed E-state index contributed by atoms with van der Waals surface area (Å²) in [7, 11) is 0. The molecular formula is C26H30ClNO. The van der Waals surface area contributed by atoms with E-state index < -0.39 is 0 Å². The number of benzene rings is 3. The van der Waals surface area contributed by atoms with E-state index in [1.165, 1.54) is 29.5 Å². The number of halogens is 1. The quantitative estimate of drug-likeness (QED) is 0.448. The highest BCUT2D eigenvalue weighted by atomic mass is 35.5. The van der Waals surface area contributed by atoms with E-state index in [9.17, 15) is 0 Å². The van der Waals surface area contributed by atoms with Gasteiger partial charge >= 0.3 is 0 Å². The highest BCUT2D eigenvalue weighted by Crippen LogP contribution is 2.46. The van der Waals surface area contributed by atoms with Gasteiger partial charge in [-0.15, -0.1) is 12.4 Å². The fourth-order valence-corrected chi connectivity index (χ4v) is 4.84. The molecule has 1 aliphatic rings. The van der Waals surface area contributed by atoms with Crippen LogP contribution in [0.3, 0.4) is 0 Å². The second kappa shape index (κ2) is 10.1. The molecule has 29 heavy (non-hydrogen) atoms. The molecule has 0 amide bonds. The number of piperidine rings is 1. The van der Waals surface area contributed by atoms with E-state index >= 15 is 0 Å². The SMILES string of the molecule is CCON1CCCCC1C(c1ccccc1)(c1ccccc1)c1ccccc1.Cl. The number of nitrogens with zero attached hydrogens (tertiary/aromatic N) is 1. The van der Waals surface area contributed by atoms with Crippen LogP contribution in [-0.2, 0) is 10.3 Å². The summed E-state index contributed by atoms with van der Waals surface area (Å²) in [4.78, 5) is 6.20. The third-order valence-electron chi connectivity index (χ3n) is 5.94. The lowest BCUT2D eigenvalue weighted by molar-refractivity contribution is -0.203. The first-order valence-electron chi connectivity index (χ1n) is 10.4. The molecule has 152 valence electrons. The van der Waals surface area contributed by atoms with Crippen LogP contribution in [0.2, 0.25) is 0 Å². The molecule has 4 rings (SSSR count). The summed E-state index contributed by atoms with van der Waals surface area (Å²) in [5.41, 5.74) is 3.69. The van der Waals surface area contributed by atoms with Gasteiger partial charge in [0.25, 0.3) is 0 Å². The Morgan fingerprint density at radius 3 is 1.62 bits per heavy atom. The van der Waals surface area contributed by atoms with Gasteiger partial charge in [0.05, 0.1) is 18.1 Å². The highest BCUT2D eigenvalue weighted by molar-refractivity contribution is 5.85. The maximum absolute atomic E-state index is 6.20. The van der Waals surface area contributed by atoms with Gasteiger partial charge in [-0.3, -0.25) is 4.84 Å².